The van der Waals surface area contributed by atoms with Crippen LogP contribution >= 0.6 is 0 Å². The zero-order valence-corrected chi connectivity index (χ0v) is 21.3. The monoisotopic (exact) mass is 449 g/mol. The fourth-order valence-electron chi connectivity index (χ4n) is 4.73. The van der Waals surface area contributed by atoms with Gasteiger partial charge in [-0.15, -0.1) is 0 Å². The number of carbonyl (C=O) groups excluding carboxylic acids is 1. The van der Waals surface area contributed by atoms with Gasteiger partial charge in [-0.05, 0) is 107 Å². The van der Waals surface area contributed by atoms with Crippen molar-refractivity contribution in [3.05, 3.63) is 59.2 Å². The summed E-state index contributed by atoms with van der Waals surface area (Å²) >= 11 is 0. The highest BCUT2D eigenvalue weighted by Gasteiger charge is 2.22. The van der Waals surface area contributed by atoms with Crippen LogP contribution in [0.1, 0.15) is 66.9 Å². The Bertz CT molecular complexity index is 893. The highest BCUT2D eigenvalue weighted by atomic mass is 16.1. The minimum absolute atomic E-state index is 0.202. The van der Waals surface area contributed by atoms with Crippen molar-refractivity contribution in [1.82, 2.24) is 5.32 Å². The molecule has 4 heteroatoms. The van der Waals surface area contributed by atoms with Gasteiger partial charge in [-0.2, -0.15) is 0 Å². The third-order valence-corrected chi connectivity index (χ3v) is 7.25. The predicted molar refractivity (Wildman–Crippen MR) is 142 cm³/mol. The molecule has 0 spiro atoms. The van der Waals surface area contributed by atoms with Crippen molar-refractivity contribution in [1.29, 1.82) is 0 Å². The molecule has 2 aromatic rings. The molecule has 1 saturated heterocycles. The normalized spacial score (nSPS) is 21.0. The first kappa shape index (κ1) is 25.3. The van der Waals surface area contributed by atoms with Crippen molar-refractivity contribution in [2.24, 2.45) is 11.8 Å². The molecule has 0 atom stereocenters. The van der Waals surface area contributed by atoms with Crippen LogP contribution in [0.15, 0.2) is 42.5 Å². The fourth-order valence-corrected chi connectivity index (χ4v) is 4.73. The third-order valence-electron chi connectivity index (χ3n) is 7.25. The predicted octanol–water partition coefficient (Wildman–Crippen LogP) is 6.23. The Labute approximate surface area is 201 Å². The standard InChI is InChI=1S/C15H23N.C14H20N2O/c1-11-4-7-14(8-5-11)16-15-9-6-12(2)13(3)10-15;1-16(2)13-5-3-4-12(10-13)14(17)11-6-8-15-9-7-11/h6,9-11,14,16H,4-5,7-8H2,1-3H3;3-5,10-11,15H,6-9H2,1-2H3. The lowest BCUT2D eigenvalue weighted by molar-refractivity contribution is 0.0895. The van der Waals surface area contributed by atoms with E-state index in [9.17, 15) is 4.79 Å². The lowest BCUT2D eigenvalue weighted by Crippen LogP contribution is -2.31. The number of nitrogens with zero attached hydrogens (tertiary/aromatic N) is 1. The second-order valence-electron chi connectivity index (χ2n) is 10.2. The van der Waals surface area contributed by atoms with Gasteiger partial charge < -0.3 is 15.5 Å². The third kappa shape index (κ3) is 7.60. The van der Waals surface area contributed by atoms with Gasteiger partial charge in [0, 0.05) is 43.0 Å². The Kier molecular flexibility index (Phi) is 9.37. The van der Waals surface area contributed by atoms with E-state index < -0.39 is 0 Å². The highest BCUT2D eigenvalue weighted by molar-refractivity contribution is 5.98. The molecule has 1 saturated carbocycles. The van der Waals surface area contributed by atoms with Crippen LogP contribution in [-0.4, -0.2) is 39.0 Å². The van der Waals surface area contributed by atoms with E-state index in [1.807, 2.05) is 43.3 Å². The van der Waals surface area contributed by atoms with Crippen LogP contribution in [-0.2, 0) is 0 Å². The summed E-state index contributed by atoms with van der Waals surface area (Å²) in [5.41, 5.74) is 5.99. The van der Waals surface area contributed by atoms with Crippen molar-refractivity contribution in [3.63, 3.8) is 0 Å². The van der Waals surface area contributed by atoms with E-state index in [0.29, 0.717) is 11.8 Å². The van der Waals surface area contributed by atoms with Crippen LogP contribution in [0.3, 0.4) is 0 Å². The van der Waals surface area contributed by atoms with E-state index in [2.05, 4.69) is 49.6 Å². The van der Waals surface area contributed by atoms with Gasteiger partial charge in [-0.3, -0.25) is 4.79 Å². The number of hydrogen-bond acceptors (Lipinski definition) is 4. The van der Waals surface area contributed by atoms with Gasteiger partial charge in [0.05, 0.1) is 0 Å². The smallest absolute Gasteiger partial charge is 0.166 e. The van der Waals surface area contributed by atoms with Crippen LogP contribution in [0.4, 0.5) is 11.4 Å². The van der Waals surface area contributed by atoms with E-state index in [4.69, 9.17) is 0 Å². The lowest BCUT2D eigenvalue weighted by Gasteiger charge is -2.28. The number of rotatable bonds is 5. The van der Waals surface area contributed by atoms with E-state index >= 15 is 0 Å². The van der Waals surface area contributed by atoms with Gasteiger partial charge in [0.15, 0.2) is 5.78 Å². The van der Waals surface area contributed by atoms with Gasteiger partial charge >= 0.3 is 0 Å². The molecular formula is C29H43N3O. The highest BCUT2D eigenvalue weighted by Crippen LogP contribution is 2.26. The fraction of sp³-hybridized carbons (Fsp3) is 0.552. The second kappa shape index (κ2) is 12.2. The van der Waals surface area contributed by atoms with Crippen LogP contribution in [0, 0.1) is 25.7 Å². The van der Waals surface area contributed by atoms with Crippen LogP contribution in [0.2, 0.25) is 0 Å². The summed E-state index contributed by atoms with van der Waals surface area (Å²) in [7, 11) is 3.99. The molecule has 0 radical (unpaired) electrons. The maximum Gasteiger partial charge on any atom is 0.166 e. The zero-order valence-electron chi connectivity index (χ0n) is 21.3. The molecule has 1 aliphatic heterocycles. The maximum atomic E-state index is 12.3. The Morgan fingerprint density at radius 1 is 0.909 bits per heavy atom. The van der Waals surface area contributed by atoms with E-state index in [1.54, 1.807) is 0 Å². The quantitative estimate of drug-likeness (QED) is 0.531. The molecule has 1 heterocycles. The summed E-state index contributed by atoms with van der Waals surface area (Å²) < 4.78 is 0. The minimum Gasteiger partial charge on any atom is -0.382 e. The summed E-state index contributed by atoms with van der Waals surface area (Å²) in [5.74, 6) is 1.43. The molecule has 0 bridgehead atoms. The summed E-state index contributed by atoms with van der Waals surface area (Å²) in [6, 6.07) is 15.3. The summed E-state index contributed by atoms with van der Waals surface area (Å²) in [5, 5.41) is 6.96. The molecule has 1 aliphatic carbocycles. The van der Waals surface area contributed by atoms with E-state index in [0.717, 1.165) is 43.1 Å². The largest absolute Gasteiger partial charge is 0.382 e. The number of carbonyl (C=O) groups is 1. The molecule has 2 aromatic carbocycles. The summed E-state index contributed by atoms with van der Waals surface area (Å²) in [6.45, 7) is 8.64. The van der Waals surface area contributed by atoms with Crippen LogP contribution in [0.25, 0.3) is 0 Å². The Morgan fingerprint density at radius 3 is 2.24 bits per heavy atom. The van der Waals surface area contributed by atoms with Gasteiger partial charge in [-0.1, -0.05) is 25.1 Å². The van der Waals surface area contributed by atoms with Crippen LogP contribution in [0.5, 0.6) is 0 Å². The molecule has 2 N–H and O–H groups in total. The number of piperidine rings is 1. The zero-order chi connectivity index (χ0) is 23.8. The number of anilines is 2. The number of Topliss-reactive ketones (excluding diaryl/α,β-unsaturated/α-hetero) is 1. The SMILES string of the molecule is CN(C)c1cccc(C(=O)C2CCNCC2)c1.Cc1ccc(NC2CCC(C)CC2)cc1C. The van der Waals surface area contributed by atoms with Crippen molar-refractivity contribution in [3.8, 4) is 0 Å². The van der Waals surface area contributed by atoms with Gasteiger partial charge in [0.2, 0.25) is 0 Å². The number of benzene rings is 2. The number of hydrogen-bond donors (Lipinski definition) is 2. The average Bonchev–Trinajstić information content (AvgIpc) is 2.83. The van der Waals surface area contributed by atoms with Crippen molar-refractivity contribution < 1.29 is 4.79 Å². The van der Waals surface area contributed by atoms with E-state index in [1.165, 1.54) is 42.5 Å². The maximum absolute atomic E-state index is 12.3. The first-order valence-electron chi connectivity index (χ1n) is 12.7. The summed E-state index contributed by atoms with van der Waals surface area (Å²) in [4.78, 5) is 14.4. The van der Waals surface area contributed by atoms with Crippen molar-refractivity contribution in [2.75, 3.05) is 37.4 Å². The first-order chi connectivity index (χ1) is 15.8. The molecule has 2 fully saturated rings. The topological polar surface area (TPSA) is 44.4 Å². The van der Waals surface area contributed by atoms with Gasteiger partial charge in [-0.25, -0.2) is 0 Å². The average molecular weight is 450 g/mol. The van der Waals surface area contributed by atoms with E-state index in [-0.39, 0.29) is 5.92 Å². The second-order valence-corrected chi connectivity index (χ2v) is 10.2. The van der Waals surface area contributed by atoms with Crippen LogP contribution < -0.4 is 15.5 Å². The van der Waals surface area contributed by atoms with Gasteiger partial charge in [0.1, 0.15) is 0 Å². The first-order valence-corrected chi connectivity index (χ1v) is 12.7. The molecule has 0 unspecified atom stereocenters. The molecule has 0 aromatic heterocycles. The molecular weight excluding hydrogens is 406 g/mol. The Hall–Kier alpha value is -2.33. The lowest BCUT2D eigenvalue weighted by atomic mass is 9.87. The molecule has 0 amide bonds. The number of ketones is 1. The molecule has 180 valence electrons. The Balaban J connectivity index is 0.000000186. The summed E-state index contributed by atoms with van der Waals surface area (Å²) in [6.07, 6.45) is 7.34. The minimum atomic E-state index is 0.202. The molecule has 4 nitrogen and oxygen atoms in total. The molecule has 4 rings (SSSR count). The van der Waals surface area contributed by atoms with Gasteiger partial charge in [0.25, 0.3) is 0 Å². The van der Waals surface area contributed by atoms with Crippen molar-refractivity contribution in [2.45, 2.75) is 65.3 Å². The number of nitrogens with one attached hydrogen (secondary N) is 2. The molecule has 2 aliphatic rings. The van der Waals surface area contributed by atoms with Crippen molar-refractivity contribution >= 4 is 17.2 Å². The number of aryl methyl sites for hydroxylation is 2. The Morgan fingerprint density at radius 2 is 1.61 bits per heavy atom. The molecule has 33 heavy (non-hydrogen) atoms.